The second kappa shape index (κ2) is 10.3. The molecule has 2 aliphatic heterocycles. The van der Waals surface area contributed by atoms with Crippen LogP contribution in [-0.2, 0) is 14.3 Å². The molecule has 2 aromatic rings. The Morgan fingerprint density at radius 2 is 1.79 bits per heavy atom. The molecule has 0 bridgehead atoms. The summed E-state index contributed by atoms with van der Waals surface area (Å²) in [5.41, 5.74) is 0.977. The topological polar surface area (TPSA) is 99.5 Å². The average Bonchev–Trinajstić information content (AvgIpc) is 3.08. The molecule has 0 aliphatic carbocycles. The number of hydrogen-bond donors (Lipinski definition) is 2. The summed E-state index contributed by atoms with van der Waals surface area (Å²) in [4.78, 5) is 29.9. The van der Waals surface area contributed by atoms with Crippen molar-refractivity contribution >= 4 is 17.4 Å². The first kappa shape index (κ1) is 23.8. The number of aliphatic hydroxyl groups excluding tert-OH is 1. The number of aliphatic hydroxyl groups is 1. The van der Waals surface area contributed by atoms with Gasteiger partial charge in [0, 0.05) is 31.7 Å². The van der Waals surface area contributed by atoms with E-state index in [4.69, 9.17) is 9.47 Å². The van der Waals surface area contributed by atoms with Gasteiger partial charge >= 0.3 is 0 Å². The van der Waals surface area contributed by atoms with Gasteiger partial charge in [-0.3, -0.25) is 14.5 Å². The number of carbonyl (C=O) groups excluding carboxylic acids is 2. The molecule has 180 valence electrons. The van der Waals surface area contributed by atoms with Crippen LogP contribution < -0.4 is 4.74 Å². The third kappa shape index (κ3) is 5.08. The van der Waals surface area contributed by atoms with Crippen molar-refractivity contribution in [3.8, 4) is 11.5 Å². The third-order valence-corrected chi connectivity index (χ3v) is 5.99. The zero-order valence-electron chi connectivity index (χ0n) is 19.4. The molecule has 4 rings (SSSR count). The van der Waals surface area contributed by atoms with Crippen LogP contribution in [0.4, 0.5) is 0 Å². The molecular weight excluding hydrogens is 436 g/mol. The summed E-state index contributed by atoms with van der Waals surface area (Å²) in [5, 5.41) is 21.2. The molecule has 8 nitrogen and oxygen atoms in total. The first-order valence-electron chi connectivity index (χ1n) is 11.5. The largest absolute Gasteiger partial charge is 0.508 e. The quantitative estimate of drug-likeness (QED) is 0.368. The van der Waals surface area contributed by atoms with Gasteiger partial charge in [0.25, 0.3) is 11.7 Å². The van der Waals surface area contributed by atoms with E-state index in [0.717, 1.165) is 13.1 Å². The van der Waals surface area contributed by atoms with Gasteiger partial charge in [0.05, 0.1) is 30.9 Å². The molecule has 0 radical (unpaired) electrons. The number of Topliss-reactive ketones (excluding diaryl/α,β-unsaturated/α-hetero) is 1. The number of ether oxygens (including phenoxy) is 2. The van der Waals surface area contributed by atoms with Crippen molar-refractivity contribution in [1.29, 1.82) is 0 Å². The standard InChI is InChI=1S/C26H30N2O6/c1-17(2)34-21-8-6-18(7-9-21)24(30)22-23(19-4-3-5-20(29)16-19)28(26(32)25(22)31)11-10-27-12-14-33-15-13-27/h3-9,16-17,23,29-30H,10-15H2,1-2H3/t23-/m0/s1. The van der Waals surface area contributed by atoms with Crippen LogP contribution in [0.15, 0.2) is 54.1 Å². The number of likely N-dealkylation sites (tertiary alicyclic amines) is 1. The maximum Gasteiger partial charge on any atom is 0.295 e. The van der Waals surface area contributed by atoms with Crippen LogP contribution in [0.5, 0.6) is 11.5 Å². The van der Waals surface area contributed by atoms with Crippen molar-refractivity contribution in [2.75, 3.05) is 39.4 Å². The van der Waals surface area contributed by atoms with Gasteiger partial charge in [-0.2, -0.15) is 0 Å². The van der Waals surface area contributed by atoms with E-state index in [9.17, 15) is 19.8 Å². The summed E-state index contributed by atoms with van der Waals surface area (Å²) in [6.07, 6.45) is 0.00185. The average molecular weight is 467 g/mol. The molecule has 2 saturated heterocycles. The van der Waals surface area contributed by atoms with Crippen molar-refractivity contribution in [3.05, 3.63) is 65.2 Å². The minimum absolute atomic E-state index is 0.00185. The van der Waals surface area contributed by atoms with Gasteiger partial charge in [-0.15, -0.1) is 0 Å². The highest BCUT2D eigenvalue weighted by atomic mass is 16.5. The number of phenolic OH excluding ortho intramolecular Hbond substituents is 1. The Morgan fingerprint density at radius 3 is 2.44 bits per heavy atom. The molecule has 34 heavy (non-hydrogen) atoms. The van der Waals surface area contributed by atoms with E-state index in [1.54, 1.807) is 36.4 Å². The Labute approximate surface area is 199 Å². The number of hydrogen-bond acceptors (Lipinski definition) is 7. The molecule has 0 spiro atoms. The molecule has 2 N–H and O–H groups in total. The van der Waals surface area contributed by atoms with E-state index in [1.807, 2.05) is 13.8 Å². The van der Waals surface area contributed by atoms with Crippen molar-refractivity contribution in [2.24, 2.45) is 0 Å². The molecule has 8 heteroatoms. The molecule has 2 aliphatic rings. The van der Waals surface area contributed by atoms with Gasteiger partial charge in [0.1, 0.15) is 17.3 Å². The van der Waals surface area contributed by atoms with Gasteiger partial charge in [-0.1, -0.05) is 12.1 Å². The smallest absolute Gasteiger partial charge is 0.295 e. The molecule has 2 heterocycles. The summed E-state index contributed by atoms with van der Waals surface area (Å²) in [6, 6.07) is 12.4. The van der Waals surface area contributed by atoms with Gasteiger partial charge in [-0.25, -0.2) is 0 Å². The number of ketones is 1. The minimum Gasteiger partial charge on any atom is -0.508 e. The highest BCUT2D eigenvalue weighted by Gasteiger charge is 2.46. The maximum absolute atomic E-state index is 13.1. The molecular formula is C26H30N2O6. The first-order valence-corrected chi connectivity index (χ1v) is 11.5. The normalized spacial score (nSPS) is 20.8. The predicted octanol–water partition coefficient (Wildman–Crippen LogP) is 2.93. The fourth-order valence-electron chi connectivity index (χ4n) is 4.35. The Morgan fingerprint density at radius 1 is 1.09 bits per heavy atom. The van der Waals surface area contributed by atoms with Crippen LogP contribution in [0.3, 0.4) is 0 Å². The van der Waals surface area contributed by atoms with E-state index in [-0.39, 0.29) is 23.2 Å². The fraction of sp³-hybridized carbons (Fsp3) is 0.385. The van der Waals surface area contributed by atoms with Crippen LogP contribution in [0.1, 0.15) is 31.0 Å². The maximum atomic E-state index is 13.1. The van der Waals surface area contributed by atoms with Gasteiger partial charge in [0.2, 0.25) is 0 Å². The van der Waals surface area contributed by atoms with E-state index in [0.29, 0.717) is 43.2 Å². The highest BCUT2D eigenvalue weighted by molar-refractivity contribution is 6.46. The van der Waals surface area contributed by atoms with Gasteiger partial charge in [-0.05, 0) is 55.8 Å². The summed E-state index contributed by atoms with van der Waals surface area (Å²) in [6.45, 7) is 7.49. The van der Waals surface area contributed by atoms with Crippen molar-refractivity contribution in [3.63, 3.8) is 0 Å². The van der Waals surface area contributed by atoms with Crippen molar-refractivity contribution in [1.82, 2.24) is 9.80 Å². The Balaban J connectivity index is 1.70. The van der Waals surface area contributed by atoms with Crippen LogP contribution in [-0.4, -0.2) is 77.2 Å². The molecule has 2 fully saturated rings. The number of phenols is 1. The Hall–Kier alpha value is -3.36. The molecule has 2 aromatic carbocycles. The zero-order chi connectivity index (χ0) is 24.2. The van der Waals surface area contributed by atoms with Gasteiger partial charge in [0.15, 0.2) is 0 Å². The number of aromatic hydroxyl groups is 1. The SMILES string of the molecule is CC(C)Oc1ccc(C(O)=C2C(=O)C(=O)N(CCN3CCOCC3)[C@H]2c2cccc(O)c2)cc1. The number of morpholine rings is 1. The fourth-order valence-corrected chi connectivity index (χ4v) is 4.35. The van der Waals surface area contributed by atoms with Crippen LogP contribution in [0, 0.1) is 0 Å². The van der Waals surface area contributed by atoms with E-state index < -0.39 is 17.7 Å². The summed E-state index contributed by atoms with van der Waals surface area (Å²) in [7, 11) is 0. The highest BCUT2D eigenvalue weighted by Crippen LogP contribution is 2.40. The van der Waals surface area contributed by atoms with Crippen LogP contribution in [0.2, 0.25) is 0 Å². The van der Waals surface area contributed by atoms with E-state index >= 15 is 0 Å². The monoisotopic (exact) mass is 466 g/mol. The molecule has 1 amide bonds. The summed E-state index contributed by atoms with van der Waals surface area (Å²) < 4.78 is 11.0. The molecule has 0 aromatic heterocycles. The van der Waals surface area contributed by atoms with E-state index in [1.165, 1.54) is 17.0 Å². The Bertz CT molecular complexity index is 1070. The first-order chi connectivity index (χ1) is 16.3. The lowest BCUT2D eigenvalue weighted by Gasteiger charge is -2.31. The molecule has 1 atom stereocenters. The van der Waals surface area contributed by atoms with Crippen molar-refractivity contribution in [2.45, 2.75) is 26.0 Å². The third-order valence-electron chi connectivity index (χ3n) is 5.99. The number of benzene rings is 2. The second-order valence-electron chi connectivity index (χ2n) is 8.73. The number of nitrogens with zero attached hydrogens (tertiary/aromatic N) is 2. The lowest BCUT2D eigenvalue weighted by Crippen LogP contribution is -2.42. The summed E-state index contributed by atoms with van der Waals surface area (Å²) in [5.74, 6) is -0.997. The zero-order valence-corrected chi connectivity index (χ0v) is 19.4. The van der Waals surface area contributed by atoms with Crippen LogP contribution >= 0.6 is 0 Å². The minimum atomic E-state index is -0.806. The number of rotatable bonds is 7. The van der Waals surface area contributed by atoms with Crippen molar-refractivity contribution < 1.29 is 29.3 Å². The second-order valence-corrected chi connectivity index (χ2v) is 8.73. The predicted molar refractivity (Wildman–Crippen MR) is 127 cm³/mol. The lowest BCUT2D eigenvalue weighted by atomic mass is 9.95. The number of amides is 1. The Kier molecular flexibility index (Phi) is 7.19. The summed E-state index contributed by atoms with van der Waals surface area (Å²) >= 11 is 0. The molecule has 0 saturated carbocycles. The van der Waals surface area contributed by atoms with Gasteiger partial charge < -0.3 is 24.6 Å². The lowest BCUT2D eigenvalue weighted by molar-refractivity contribution is -0.140. The molecule has 0 unspecified atom stereocenters. The van der Waals surface area contributed by atoms with Crippen LogP contribution in [0.25, 0.3) is 5.76 Å². The van der Waals surface area contributed by atoms with E-state index in [2.05, 4.69) is 4.90 Å². The number of carbonyl (C=O) groups is 2.